The number of hydrogen-bond donors (Lipinski definition) is 2. The first kappa shape index (κ1) is 15.5. The van der Waals surface area contributed by atoms with Gasteiger partial charge < -0.3 is 20.1 Å². The molecule has 0 saturated heterocycles. The first-order chi connectivity index (χ1) is 9.15. The zero-order valence-corrected chi connectivity index (χ0v) is 11.6. The SMILES string of the molecule is COC(CNC(=O)N/C=C/c1cccc(Cl)c1)OC. The number of nitrogens with one attached hydrogen (secondary N) is 2. The van der Waals surface area contributed by atoms with Gasteiger partial charge in [0.15, 0.2) is 6.29 Å². The maximum atomic E-state index is 11.4. The molecule has 0 heterocycles. The van der Waals surface area contributed by atoms with E-state index < -0.39 is 6.29 Å². The highest BCUT2D eigenvalue weighted by Gasteiger charge is 2.05. The maximum Gasteiger partial charge on any atom is 0.318 e. The number of rotatable bonds is 6. The Morgan fingerprint density at radius 1 is 1.42 bits per heavy atom. The number of halogens is 1. The summed E-state index contributed by atoms with van der Waals surface area (Å²) < 4.78 is 9.88. The van der Waals surface area contributed by atoms with Gasteiger partial charge in [-0.2, -0.15) is 0 Å². The molecule has 5 nitrogen and oxygen atoms in total. The van der Waals surface area contributed by atoms with E-state index in [1.165, 1.54) is 20.4 Å². The van der Waals surface area contributed by atoms with Gasteiger partial charge in [0.25, 0.3) is 0 Å². The fourth-order valence-corrected chi connectivity index (χ4v) is 1.51. The molecule has 1 rings (SSSR count). The van der Waals surface area contributed by atoms with Crippen LogP contribution < -0.4 is 10.6 Å². The predicted molar refractivity (Wildman–Crippen MR) is 74.8 cm³/mol. The molecule has 0 aromatic heterocycles. The lowest BCUT2D eigenvalue weighted by atomic mass is 10.2. The van der Waals surface area contributed by atoms with Crippen molar-refractivity contribution >= 4 is 23.7 Å². The zero-order chi connectivity index (χ0) is 14.1. The Morgan fingerprint density at radius 3 is 2.79 bits per heavy atom. The summed E-state index contributed by atoms with van der Waals surface area (Å²) in [5.41, 5.74) is 0.902. The van der Waals surface area contributed by atoms with Crippen molar-refractivity contribution in [2.75, 3.05) is 20.8 Å². The Kier molecular flexibility index (Phi) is 6.95. The predicted octanol–water partition coefficient (Wildman–Crippen LogP) is 2.23. The molecule has 0 saturated carbocycles. The molecule has 6 heteroatoms. The number of ether oxygens (including phenoxy) is 2. The van der Waals surface area contributed by atoms with Gasteiger partial charge in [0.1, 0.15) is 0 Å². The molecule has 2 N–H and O–H groups in total. The molecule has 0 spiro atoms. The van der Waals surface area contributed by atoms with Crippen LogP contribution in [0.15, 0.2) is 30.5 Å². The van der Waals surface area contributed by atoms with Crippen LogP contribution >= 0.6 is 11.6 Å². The number of carbonyl (C=O) groups is 1. The van der Waals surface area contributed by atoms with Crippen LogP contribution in [0, 0.1) is 0 Å². The smallest absolute Gasteiger partial charge is 0.318 e. The molecule has 0 aliphatic carbocycles. The lowest BCUT2D eigenvalue weighted by Gasteiger charge is -2.13. The van der Waals surface area contributed by atoms with Gasteiger partial charge in [-0.15, -0.1) is 0 Å². The van der Waals surface area contributed by atoms with Crippen LogP contribution in [0.4, 0.5) is 4.79 Å². The lowest BCUT2D eigenvalue weighted by Crippen LogP contribution is -2.38. The average molecular weight is 285 g/mol. The van der Waals surface area contributed by atoms with E-state index in [1.807, 2.05) is 12.1 Å². The number of urea groups is 1. The van der Waals surface area contributed by atoms with Gasteiger partial charge in [0.05, 0.1) is 6.54 Å². The highest BCUT2D eigenvalue weighted by Crippen LogP contribution is 2.11. The van der Waals surface area contributed by atoms with E-state index in [2.05, 4.69) is 10.6 Å². The standard InChI is InChI=1S/C13H17ClN2O3/c1-18-12(19-2)9-16-13(17)15-7-6-10-4-3-5-11(14)8-10/h3-8,12H,9H2,1-2H3,(H2,15,16,17)/b7-6+. The van der Waals surface area contributed by atoms with Crippen LogP contribution in [0.5, 0.6) is 0 Å². The molecular weight excluding hydrogens is 268 g/mol. The van der Waals surface area contributed by atoms with Gasteiger partial charge in [-0.3, -0.25) is 0 Å². The molecule has 0 aliphatic heterocycles. The van der Waals surface area contributed by atoms with Crippen LogP contribution in [0.1, 0.15) is 5.56 Å². The number of hydrogen-bond acceptors (Lipinski definition) is 3. The summed E-state index contributed by atoms with van der Waals surface area (Å²) in [7, 11) is 3.01. The van der Waals surface area contributed by atoms with Crippen molar-refractivity contribution in [3.8, 4) is 0 Å². The summed E-state index contributed by atoms with van der Waals surface area (Å²) in [5, 5.41) is 5.82. The largest absolute Gasteiger partial charge is 0.354 e. The van der Waals surface area contributed by atoms with Crippen molar-refractivity contribution in [1.82, 2.24) is 10.6 Å². The van der Waals surface area contributed by atoms with Crippen LogP contribution in [-0.2, 0) is 9.47 Å². The minimum absolute atomic E-state index is 0.268. The Hall–Kier alpha value is -1.56. The van der Waals surface area contributed by atoms with Gasteiger partial charge in [-0.1, -0.05) is 23.7 Å². The third kappa shape index (κ3) is 6.24. The van der Waals surface area contributed by atoms with Crippen LogP contribution in [-0.4, -0.2) is 33.1 Å². The highest BCUT2D eigenvalue weighted by molar-refractivity contribution is 6.30. The van der Waals surface area contributed by atoms with E-state index >= 15 is 0 Å². The first-order valence-corrected chi connectivity index (χ1v) is 6.05. The number of benzene rings is 1. The maximum absolute atomic E-state index is 11.4. The van der Waals surface area contributed by atoms with E-state index in [1.54, 1.807) is 18.2 Å². The summed E-state index contributed by atoms with van der Waals surface area (Å²) >= 11 is 5.84. The molecule has 0 unspecified atom stereocenters. The second kappa shape index (κ2) is 8.53. The van der Waals surface area contributed by atoms with Crippen LogP contribution in [0.25, 0.3) is 6.08 Å². The molecule has 2 amide bonds. The topological polar surface area (TPSA) is 59.6 Å². The molecule has 104 valence electrons. The molecule has 0 bridgehead atoms. The number of amides is 2. The van der Waals surface area contributed by atoms with Crippen molar-refractivity contribution in [2.24, 2.45) is 0 Å². The highest BCUT2D eigenvalue weighted by atomic mass is 35.5. The Morgan fingerprint density at radius 2 is 2.16 bits per heavy atom. The van der Waals surface area contributed by atoms with Gasteiger partial charge in [-0.25, -0.2) is 4.79 Å². The van der Waals surface area contributed by atoms with Crippen molar-refractivity contribution in [1.29, 1.82) is 0 Å². The quantitative estimate of drug-likeness (QED) is 0.788. The van der Waals surface area contributed by atoms with Gasteiger partial charge >= 0.3 is 6.03 Å². The minimum Gasteiger partial charge on any atom is -0.354 e. The Labute approximate surface area is 117 Å². The number of methoxy groups -OCH3 is 2. The second-order valence-corrected chi connectivity index (χ2v) is 4.08. The fraction of sp³-hybridized carbons (Fsp3) is 0.308. The molecule has 0 fully saturated rings. The van der Waals surface area contributed by atoms with Gasteiger partial charge in [0, 0.05) is 25.4 Å². The third-order valence-corrected chi connectivity index (χ3v) is 2.53. The molecule has 19 heavy (non-hydrogen) atoms. The van der Waals surface area contributed by atoms with E-state index in [-0.39, 0.29) is 12.6 Å². The van der Waals surface area contributed by atoms with Crippen LogP contribution in [0.2, 0.25) is 5.02 Å². The monoisotopic (exact) mass is 284 g/mol. The first-order valence-electron chi connectivity index (χ1n) is 5.67. The Bertz CT molecular complexity index is 434. The zero-order valence-electron chi connectivity index (χ0n) is 10.9. The van der Waals surface area contributed by atoms with Crippen molar-refractivity contribution in [3.63, 3.8) is 0 Å². The van der Waals surface area contributed by atoms with Gasteiger partial charge in [-0.05, 0) is 23.8 Å². The molecule has 1 aromatic rings. The second-order valence-electron chi connectivity index (χ2n) is 3.64. The van der Waals surface area contributed by atoms with Crippen molar-refractivity contribution < 1.29 is 14.3 Å². The van der Waals surface area contributed by atoms with E-state index in [4.69, 9.17) is 21.1 Å². The summed E-state index contributed by atoms with van der Waals surface area (Å²) in [6.07, 6.45) is 2.83. The van der Waals surface area contributed by atoms with Crippen LogP contribution in [0.3, 0.4) is 0 Å². The molecule has 0 atom stereocenters. The fourth-order valence-electron chi connectivity index (χ4n) is 1.31. The normalized spacial score (nSPS) is 10.9. The molecule has 0 aliphatic rings. The molecular formula is C13H17ClN2O3. The van der Waals surface area contributed by atoms with E-state index in [0.717, 1.165) is 5.56 Å². The molecule has 0 radical (unpaired) electrons. The summed E-state index contributed by atoms with van der Waals surface area (Å²) in [5.74, 6) is 0. The molecule has 1 aromatic carbocycles. The summed E-state index contributed by atoms with van der Waals surface area (Å²) in [6.45, 7) is 0.268. The summed E-state index contributed by atoms with van der Waals surface area (Å²) in [6, 6.07) is 6.97. The third-order valence-electron chi connectivity index (χ3n) is 2.29. The average Bonchev–Trinajstić information content (AvgIpc) is 2.40. The van der Waals surface area contributed by atoms with Crippen molar-refractivity contribution in [2.45, 2.75) is 6.29 Å². The number of carbonyl (C=O) groups excluding carboxylic acids is 1. The van der Waals surface area contributed by atoms with E-state index in [0.29, 0.717) is 5.02 Å². The Balaban J connectivity index is 2.34. The lowest BCUT2D eigenvalue weighted by molar-refractivity contribution is -0.0971. The minimum atomic E-state index is -0.456. The summed E-state index contributed by atoms with van der Waals surface area (Å²) in [4.78, 5) is 11.4. The van der Waals surface area contributed by atoms with E-state index in [9.17, 15) is 4.79 Å². The van der Waals surface area contributed by atoms with Crippen molar-refractivity contribution in [3.05, 3.63) is 41.1 Å². The van der Waals surface area contributed by atoms with Gasteiger partial charge in [0.2, 0.25) is 0 Å².